The topological polar surface area (TPSA) is 25.2 Å². The fourth-order valence-electron chi connectivity index (χ4n) is 3.76. The molecule has 1 unspecified atom stereocenters. The number of nitrogens with one attached hydrogen (secondary N) is 1. The van der Waals surface area contributed by atoms with Crippen molar-refractivity contribution in [2.24, 2.45) is 0 Å². The molecule has 1 aliphatic rings. The second kappa shape index (κ2) is 10.3. The summed E-state index contributed by atoms with van der Waals surface area (Å²) in [5.41, 5.74) is 7.54. The lowest BCUT2D eigenvalue weighted by atomic mass is 9.93. The SMILES string of the molecule is C=C/C=C\C(=C)C1=CC(c2ccccc2)=CC(c2cccc(/C=C/c3ccoc3C=C)c2)N1. The molecule has 162 valence electrons. The van der Waals surface area contributed by atoms with Gasteiger partial charge in [0, 0.05) is 11.3 Å². The number of dihydropyridines is 1. The average Bonchev–Trinajstić information content (AvgIpc) is 3.34. The molecule has 1 aromatic heterocycles. The zero-order valence-electron chi connectivity index (χ0n) is 18.6. The zero-order valence-corrected chi connectivity index (χ0v) is 18.6. The molecule has 0 fully saturated rings. The summed E-state index contributed by atoms with van der Waals surface area (Å²) in [6.45, 7) is 11.8. The molecule has 1 atom stereocenters. The molecule has 2 nitrogen and oxygen atoms in total. The van der Waals surface area contributed by atoms with Crippen LogP contribution in [0.25, 0.3) is 23.8 Å². The highest BCUT2D eigenvalue weighted by Gasteiger charge is 2.18. The third kappa shape index (κ3) is 5.31. The van der Waals surface area contributed by atoms with Crippen LogP contribution in [0.15, 0.2) is 133 Å². The Morgan fingerprint density at radius 3 is 2.61 bits per heavy atom. The summed E-state index contributed by atoms with van der Waals surface area (Å²) in [5, 5.41) is 3.64. The fourth-order valence-corrected chi connectivity index (χ4v) is 3.76. The largest absolute Gasteiger partial charge is 0.464 e. The van der Waals surface area contributed by atoms with E-state index in [1.54, 1.807) is 18.4 Å². The first-order chi connectivity index (χ1) is 16.2. The molecule has 0 saturated carbocycles. The summed E-state index contributed by atoms with van der Waals surface area (Å²) in [4.78, 5) is 0. The van der Waals surface area contributed by atoms with Crippen LogP contribution >= 0.6 is 0 Å². The van der Waals surface area contributed by atoms with Crippen molar-refractivity contribution in [3.8, 4) is 0 Å². The number of furan rings is 1. The van der Waals surface area contributed by atoms with Gasteiger partial charge >= 0.3 is 0 Å². The molecular formula is C31H27NO. The minimum atomic E-state index is 0.0140. The van der Waals surface area contributed by atoms with Gasteiger partial charge in [-0.1, -0.05) is 98.6 Å². The molecule has 0 radical (unpaired) electrons. The van der Waals surface area contributed by atoms with Gasteiger partial charge in [0.2, 0.25) is 0 Å². The molecular weight excluding hydrogens is 402 g/mol. The number of rotatable bonds is 8. The van der Waals surface area contributed by atoms with Gasteiger partial charge in [0.1, 0.15) is 5.76 Å². The van der Waals surface area contributed by atoms with Gasteiger partial charge in [-0.25, -0.2) is 0 Å². The van der Waals surface area contributed by atoms with Crippen molar-refractivity contribution in [2.45, 2.75) is 6.04 Å². The minimum Gasteiger partial charge on any atom is -0.464 e. The van der Waals surface area contributed by atoms with Crippen LogP contribution in [0.3, 0.4) is 0 Å². The quantitative estimate of drug-likeness (QED) is 0.367. The van der Waals surface area contributed by atoms with Gasteiger partial charge in [-0.3, -0.25) is 0 Å². The lowest BCUT2D eigenvalue weighted by Crippen LogP contribution is -2.23. The van der Waals surface area contributed by atoms with Gasteiger partial charge in [0.05, 0.1) is 12.3 Å². The molecule has 0 spiro atoms. The molecule has 1 aliphatic heterocycles. The Balaban J connectivity index is 1.66. The van der Waals surface area contributed by atoms with Gasteiger partial charge in [-0.2, -0.15) is 0 Å². The number of allylic oxidation sites excluding steroid dienone is 5. The predicted octanol–water partition coefficient (Wildman–Crippen LogP) is 8.00. The van der Waals surface area contributed by atoms with Crippen LogP contribution in [0.1, 0.15) is 34.1 Å². The Labute approximate surface area is 196 Å². The lowest BCUT2D eigenvalue weighted by molar-refractivity contribution is 0.556. The van der Waals surface area contributed by atoms with Crippen molar-refractivity contribution in [3.63, 3.8) is 0 Å². The van der Waals surface area contributed by atoms with E-state index in [9.17, 15) is 0 Å². The van der Waals surface area contributed by atoms with E-state index in [-0.39, 0.29) is 6.04 Å². The highest BCUT2D eigenvalue weighted by Crippen LogP contribution is 2.31. The predicted molar refractivity (Wildman–Crippen MR) is 141 cm³/mol. The van der Waals surface area contributed by atoms with E-state index in [0.717, 1.165) is 33.7 Å². The maximum atomic E-state index is 5.42. The summed E-state index contributed by atoms with van der Waals surface area (Å²) < 4.78 is 5.42. The third-order valence-electron chi connectivity index (χ3n) is 5.48. The first-order valence-electron chi connectivity index (χ1n) is 10.9. The van der Waals surface area contributed by atoms with E-state index in [4.69, 9.17) is 4.42 Å². The van der Waals surface area contributed by atoms with Crippen molar-refractivity contribution < 1.29 is 4.42 Å². The van der Waals surface area contributed by atoms with E-state index in [2.05, 4.69) is 91.8 Å². The van der Waals surface area contributed by atoms with E-state index in [1.165, 1.54) is 11.1 Å². The maximum absolute atomic E-state index is 5.42. The van der Waals surface area contributed by atoms with Crippen LogP contribution in [-0.2, 0) is 0 Å². The second-order valence-electron chi connectivity index (χ2n) is 7.74. The van der Waals surface area contributed by atoms with Crippen LogP contribution < -0.4 is 5.32 Å². The summed E-state index contributed by atoms with van der Waals surface area (Å²) >= 11 is 0. The van der Waals surface area contributed by atoms with Gasteiger partial charge in [-0.05, 0) is 58.2 Å². The molecule has 4 rings (SSSR count). The van der Waals surface area contributed by atoms with Gasteiger partial charge in [0.25, 0.3) is 0 Å². The number of hydrogen-bond acceptors (Lipinski definition) is 2. The number of benzene rings is 2. The van der Waals surface area contributed by atoms with E-state index in [1.807, 2.05) is 30.4 Å². The number of hydrogen-bond donors (Lipinski definition) is 1. The zero-order chi connectivity index (χ0) is 23.0. The Hall–Kier alpha value is -4.30. The third-order valence-corrected chi connectivity index (χ3v) is 5.48. The molecule has 1 N–H and O–H groups in total. The fraction of sp³-hybridized carbons (Fsp3) is 0.0323. The molecule has 3 aromatic rings. The van der Waals surface area contributed by atoms with E-state index < -0.39 is 0 Å². The highest BCUT2D eigenvalue weighted by molar-refractivity contribution is 5.78. The summed E-state index contributed by atoms with van der Waals surface area (Å²) in [7, 11) is 0. The van der Waals surface area contributed by atoms with Crippen molar-refractivity contribution in [2.75, 3.05) is 0 Å². The molecule has 0 saturated heterocycles. The van der Waals surface area contributed by atoms with Crippen LogP contribution in [0.4, 0.5) is 0 Å². The highest BCUT2D eigenvalue weighted by atomic mass is 16.3. The Morgan fingerprint density at radius 2 is 1.82 bits per heavy atom. The smallest absolute Gasteiger partial charge is 0.133 e. The maximum Gasteiger partial charge on any atom is 0.133 e. The van der Waals surface area contributed by atoms with Crippen LogP contribution in [0, 0.1) is 0 Å². The molecule has 0 bridgehead atoms. The van der Waals surface area contributed by atoms with Crippen LogP contribution in [0.5, 0.6) is 0 Å². The van der Waals surface area contributed by atoms with E-state index >= 15 is 0 Å². The molecule has 2 aromatic carbocycles. The van der Waals surface area contributed by atoms with Crippen molar-refractivity contribution in [3.05, 3.63) is 156 Å². The lowest BCUT2D eigenvalue weighted by Gasteiger charge is -2.26. The standard InChI is InChI=1S/C31H27NO/c1-4-6-11-23(3)29-21-28(25-13-8-7-9-14-25)22-30(32-29)27-15-10-12-24(20-27)16-17-26-18-19-33-31(26)5-2/h4-22,30,32H,1-3H2/b11-6-,17-16+. The summed E-state index contributed by atoms with van der Waals surface area (Å²) in [6.07, 6.45) is 17.6. The van der Waals surface area contributed by atoms with Crippen LogP contribution in [-0.4, -0.2) is 0 Å². The molecule has 2 heteroatoms. The van der Waals surface area contributed by atoms with Crippen molar-refractivity contribution in [1.29, 1.82) is 0 Å². The Kier molecular flexibility index (Phi) is 6.87. The van der Waals surface area contributed by atoms with Gasteiger partial charge < -0.3 is 9.73 Å². The van der Waals surface area contributed by atoms with Gasteiger partial charge in [-0.15, -0.1) is 0 Å². The Morgan fingerprint density at radius 1 is 0.970 bits per heavy atom. The van der Waals surface area contributed by atoms with Crippen molar-refractivity contribution in [1.82, 2.24) is 5.32 Å². The second-order valence-corrected chi connectivity index (χ2v) is 7.74. The molecule has 0 aliphatic carbocycles. The van der Waals surface area contributed by atoms with Crippen molar-refractivity contribution >= 4 is 23.8 Å². The molecule has 2 heterocycles. The Bertz CT molecular complexity index is 1280. The first-order valence-corrected chi connectivity index (χ1v) is 10.9. The molecule has 33 heavy (non-hydrogen) atoms. The molecule has 0 amide bonds. The monoisotopic (exact) mass is 429 g/mol. The average molecular weight is 430 g/mol. The first kappa shape index (κ1) is 21.9. The van der Waals surface area contributed by atoms with Gasteiger partial charge in [0.15, 0.2) is 0 Å². The van der Waals surface area contributed by atoms with Crippen LogP contribution in [0.2, 0.25) is 0 Å². The minimum absolute atomic E-state index is 0.0140. The summed E-state index contributed by atoms with van der Waals surface area (Å²) in [6, 6.07) is 20.9. The normalized spacial score (nSPS) is 15.7. The van der Waals surface area contributed by atoms with E-state index in [0.29, 0.717) is 0 Å². The summed E-state index contributed by atoms with van der Waals surface area (Å²) in [5.74, 6) is 0.771.